The second kappa shape index (κ2) is 15.7. The number of ether oxygens (including phenoxy) is 3. The van der Waals surface area contributed by atoms with Crippen molar-refractivity contribution in [3.63, 3.8) is 0 Å². The molecule has 0 radical (unpaired) electrons. The van der Waals surface area contributed by atoms with Crippen LogP contribution in [0.4, 0.5) is 0 Å². The number of nitrogens with zero attached hydrogens (tertiary/aromatic N) is 1. The molecule has 0 saturated carbocycles. The van der Waals surface area contributed by atoms with Crippen LogP contribution in [0, 0.1) is 0 Å². The van der Waals surface area contributed by atoms with E-state index in [4.69, 9.17) is 14.6 Å². The number of carboxylic acid groups (broad SMARTS) is 1. The predicted octanol–water partition coefficient (Wildman–Crippen LogP) is 1.63. The number of aliphatic carboxylic acids is 1. The molecule has 1 aliphatic rings. The molecule has 0 aromatic rings. The van der Waals surface area contributed by atoms with E-state index in [-0.39, 0.29) is 13.0 Å². The summed E-state index contributed by atoms with van der Waals surface area (Å²) in [6.45, 7) is 6.00. The van der Waals surface area contributed by atoms with E-state index in [9.17, 15) is 4.79 Å². The van der Waals surface area contributed by atoms with Crippen molar-refractivity contribution in [2.24, 2.45) is 0 Å². The molecule has 21 heavy (non-hydrogen) atoms. The zero-order chi connectivity index (χ0) is 15.8. The van der Waals surface area contributed by atoms with Gasteiger partial charge in [0.2, 0.25) is 0 Å². The van der Waals surface area contributed by atoms with Gasteiger partial charge in [0, 0.05) is 27.4 Å². The SMILES string of the molecule is COCCCN1CCCCC1.COCCOCCC(=O)O. The van der Waals surface area contributed by atoms with E-state index in [1.165, 1.54) is 45.3 Å². The van der Waals surface area contributed by atoms with Crippen LogP contribution in [0.25, 0.3) is 0 Å². The third-order valence-electron chi connectivity index (χ3n) is 3.16. The molecule has 1 N–H and O–H groups in total. The van der Waals surface area contributed by atoms with Gasteiger partial charge in [-0.3, -0.25) is 4.79 Å². The van der Waals surface area contributed by atoms with Crippen LogP contribution in [0.5, 0.6) is 0 Å². The standard InChI is InChI=1S/C9H19NO.C6H12O4/c1-11-9-5-8-10-6-3-2-4-7-10;1-9-4-5-10-3-2-6(7)8/h2-9H2,1H3;2-5H2,1H3,(H,7,8). The smallest absolute Gasteiger partial charge is 0.305 e. The summed E-state index contributed by atoms with van der Waals surface area (Å²) < 4.78 is 14.6. The van der Waals surface area contributed by atoms with E-state index < -0.39 is 5.97 Å². The van der Waals surface area contributed by atoms with Crippen LogP contribution in [0.1, 0.15) is 32.1 Å². The topological polar surface area (TPSA) is 68.2 Å². The molecular weight excluding hydrogens is 274 g/mol. The zero-order valence-corrected chi connectivity index (χ0v) is 13.5. The Morgan fingerprint density at radius 2 is 1.67 bits per heavy atom. The van der Waals surface area contributed by atoms with E-state index >= 15 is 0 Å². The van der Waals surface area contributed by atoms with Crippen molar-refractivity contribution in [3.05, 3.63) is 0 Å². The number of carbonyl (C=O) groups is 1. The molecule has 0 amide bonds. The number of piperidine rings is 1. The minimum Gasteiger partial charge on any atom is -0.481 e. The highest BCUT2D eigenvalue weighted by Crippen LogP contribution is 2.08. The number of rotatable bonds is 10. The van der Waals surface area contributed by atoms with E-state index in [1.807, 2.05) is 0 Å². The highest BCUT2D eigenvalue weighted by atomic mass is 16.5. The summed E-state index contributed by atoms with van der Waals surface area (Å²) in [5, 5.41) is 8.16. The maximum absolute atomic E-state index is 9.92. The van der Waals surface area contributed by atoms with Gasteiger partial charge in [0.05, 0.1) is 26.2 Å². The maximum Gasteiger partial charge on any atom is 0.305 e. The lowest BCUT2D eigenvalue weighted by Crippen LogP contribution is -2.31. The molecule has 6 heteroatoms. The summed E-state index contributed by atoms with van der Waals surface area (Å²) >= 11 is 0. The Balaban J connectivity index is 0.000000384. The molecule has 0 aromatic heterocycles. The monoisotopic (exact) mass is 305 g/mol. The van der Waals surface area contributed by atoms with Crippen molar-refractivity contribution in [1.82, 2.24) is 4.90 Å². The van der Waals surface area contributed by atoms with E-state index in [0.717, 1.165) is 6.61 Å². The Morgan fingerprint density at radius 1 is 1.00 bits per heavy atom. The summed E-state index contributed by atoms with van der Waals surface area (Å²) in [6, 6.07) is 0. The zero-order valence-electron chi connectivity index (χ0n) is 13.5. The van der Waals surface area contributed by atoms with Crippen molar-refractivity contribution >= 4 is 5.97 Å². The van der Waals surface area contributed by atoms with Gasteiger partial charge in [-0.15, -0.1) is 0 Å². The van der Waals surface area contributed by atoms with E-state index in [2.05, 4.69) is 9.64 Å². The van der Waals surface area contributed by atoms with Crippen LogP contribution in [-0.2, 0) is 19.0 Å². The Hall–Kier alpha value is -0.690. The third-order valence-corrected chi connectivity index (χ3v) is 3.16. The van der Waals surface area contributed by atoms with Gasteiger partial charge in [-0.25, -0.2) is 0 Å². The van der Waals surface area contributed by atoms with Crippen LogP contribution < -0.4 is 0 Å². The Bertz CT molecular complexity index is 232. The van der Waals surface area contributed by atoms with E-state index in [1.54, 1.807) is 14.2 Å². The molecule has 0 aliphatic carbocycles. The van der Waals surface area contributed by atoms with Gasteiger partial charge in [-0.2, -0.15) is 0 Å². The maximum atomic E-state index is 9.92. The Morgan fingerprint density at radius 3 is 2.24 bits per heavy atom. The highest BCUT2D eigenvalue weighted by molar-refractivity contribution is 5.66. The van der Waals surface area contributed by atoms with Gasteiger partial charge in [-0.05, 0) is 32.4 Å². The normalized spacial score (nSPS) is 15.3. The summed E-state index contributed by atoms with van der Waals surface area (Å²) in [5.41, 5.74) is 0. The third kappa shape index (κ3) is 15.5. The molecular formula is C15H31NO5. The highest BCUT2D eigenvalue weighted by Gasteiger charge is 2.08. The van der Waals surface area contributed by atoms with Crippen LogP contribution >= 0.6 is 0 Å². The van der Waals surface area contributed by atoms with Crippen molar-refractivity contribution < 1.29 is 24.1 Å². The number of carboxylic acids is 1. The molecule has 0 aromatic carbocycles. The van der Waals surface area contributed by atoms with Gasteiger partial charge in [0.1, 0.15) is 0 Å². The molecule has 1 saturated heterocycles. The van der Waals surface area contributed by atoms with Crippen molar-refractivity contribution in [1.29, 1.82) is 0 Å². The number of hydrogen-bond acceptors (Lipinski definition) is 5. The number of methoxy groups -OCH3 is 2. The van der Waals surface area contributed by atoms with Crippen molar-refractivity contribution in [2.75, 3.05) is 60.3 Å². The first-order valence-corrected chi connectivity index (χ1v) is 7.70. The first-order valence-electron chi connectivity index (χ1n) is 7.70. The lowest BCUT2D eigenvalue weighted by Gasteiger charge is -2.25. The van der Waals surface area contributed by atoms with E-state index in [0.29, 0.717) is 13.2 Å². The molecule has 1 fully saturated rings. The minimum atomic E-state index is -0.836. The van der Waals surface area contributed by atoms with Gasteiger partial charge in [0.15, 0.2) is 0 Å². The lowest BCUT2D eigenvalue weighted by molar-refractivity contribution is -0.138. The fourth-order valence-corrected chi connectivity index (χ4v) is 2.02. The first-order chi connectivity index (χ1) is 10.2. The molecule has 0 unspecified atom stereocenters. The summed E-state index contributed by atoms with van der Waals surface area (Å²) in [4.78, 5) is 12.5. The Labute approximate surface area is 128 Å². The van der Waals surface area contributed by atoms with Crippen molar-refractivity contribution in [3.8, 4) is 0 Å². The molecule has 1 rings (SSSR count). The van der Waals surface area contributed by atoms with Crippen LogP contribution in [0.2, 0.25) is 0 Å². The fraction of sp³-hybridized carbons (Fsp3) is 0.933. The summed E-state index contributed by atoms with van der Waals surface area (Å²) in [5.74, 6) is -0.836. The molecule has 6 nitrogen and oxygen atoms in total. The number of hydrogen-bond donors (Lipinski definition) is 1. The van der Waals surface area contributed by atoms with Gasteiger partial charge >= 0.3 is 5.97 Å². The van der Waals surface area contributed by atoms with Gasteiger partial charge in [0.25, 0.3) is 0 Å². The summed E-state index contributed by atoms with van der Waals surface area (Å²) in [6.07, 6.45) is 5.47. The molecule has 1 heterocycles. The summed E-state index contributed by atoms with van der Waals surface area (Å²) in [7, 11) is 3.34. The molecule has 1 aliphatic heterocycles. The van der Waals surface area contributed by atoms with Crippen LogP contribution in [0.15, 0.2) is 0 Å². The average molecular weight is 305 g/mol. The molecule has 0 spiro atoms. The second-order valence-corrected chi connectivity index (χ2v) is 5.00. The van der Waals surface area contributed by atoms with Gasteiger partial charge in [-0.1, -0.05) is 6.42 Å². The van der Waals surface area contributed by atoms with Crippen LogP contribution in [0.3, 0.4) is 0 Å². The quantitative estimate of drug-likeness (QED) is 0.619. The molecule has 0 bridgehead atoms. The predicted molar refractivity (Wildman–Crippen MR) is 81.7 cm³/mol. The molecule has 126 valence electrons. The number of likely N-dealkylation sites (tertiary alicyclic amines) is 1. The van der Waals surface area contributed by atoms with Gasteiger partial charge < -0.3 is 24.2 Å². The average Bonchev–Trinajstić information content (AvgIpc) is 2.49. The second-order valence-electron chi connectivity index (χ2n) is 5.00. The van der Waals surface area contributed by atoms with Crippen molar-refractivity contribution in [2.45, 2.75) is 32.1 Å². The molecule has 0 atom stereocenters. The first kappa shape index (κ1) is 20.3. The lowest BCUT2D eigenvalue weighted by atomic mass is 10.1. The minimum absolute atomic E-state index is 0.0592. The largest absolute Gasteiger partial charge is 0.481 e. The fourth-order valence-electron chi connectivity index (χ4n) is 2.02. The Kier molecular flexibility index (Phi) is 15.2. The van der Waals surface area contributed by atoms with Crippen LogP contribution in [-0.4, -0.2) is 76.3 Å².